The summed E-state index contributed by atoms with van der Waals surface area (Å²) in [6.07, 6.45) is -2.35. The van der Waals surface area contributed by atoms with Gasteiger partial charge in [0.05, 0.1) is 11.6 Å². The predicted molar refractivity (Wildman–Crippen MR) is 87.8 cm³/mol. The number of rotatable bonds is 4. The summed E-state index contributed by atoms with van der Waals surface area (Å²) in [4.78, 5) is 0. The minimum atomic E-state index is -4.33. The summed E-state index contributed by atoms with van der Waals surface area (Å²) in [6.45, 7) is 0.0907. The highest BCUT2D eigenvalue weighted by Crippen LogP contribution is 2.41. The maximum Gasteiger partial charge on any atom is 0.416 e. The van der Waals surface area contributed by atoms with Gasteiger partial charge in [0.25, 0.3) is 0 Å². The fourth-order valence-corrected chi connectivity index (χ4v) is 3.40. The number of anilines is 1. The Morgan fingerprint density at radius 1 is 1.08 bits per heavy atom. The Kier molecular flexibility index (Phi) is 4.81. The maximum atomic E-state index is 12.9. The van der Waals surface area contributed by atoms with Crippen LogP contribution in [0.25, 0.3) is 0 Å². The maximum absolute atomic E-state index is 12.9. The van der Waals surface area contributed by atoms with Gasteiger partial charge in [-0.05, 0) is 54.5 Å². The SMILES string of the molecule is OCCC[C@@H]1Cc2cc(C(F)(F)F)ccc2N[C@@H]1c1ccccc1. The molecule has 1 aliphatic rings. The van der Waals surface area contributed by atoms with Crippen LogP contribution in [0, 0.1) is 5.92 Å². The minimum Gasteiger partial charge on any atom is -0.396 e. The minimum absolute atomic E-state index is 0.0435. The van der Waals surface area contributed by atoms with Crippen LogP contribution in [-0.2, 0) is 12.6 Å². The molecule has 5 heteroatoms. The topological polar surface area (TPSA) is 32.3 Å². The fraction of sp³-hybridized carbons (Fsp3) is 0.368. The fourth-order valence-electron chi connectivity index (χ4n) is 3.40. The molecule has 0 amide bonds. The Hall–Kier alpha value is -2.01. The summed E-state index contributed by atoms with van der Waals surface area (Å²) in [5.74, 6) is 0.149. The average molecular weight is 335 g/mol. The molecule has 0 aromatic heterocycles. The van der Waals surface area contributed by atoms with Crippen LogP contribution in [0.4, 0.5) is 18.9 Å². The number of nitrogens with one attached hydrogen (secondary N) is 1. The Bertz CT molecular complexity index is 685. The zero-order chi connectivity index (χ0) is 17.2. The van der Waals surface area contributed by atoms with Gasteiger partial charge in [-0.3, -0.25) is 0 Å². The van der Waals surface area contributed by atoms with E-state index in [1.54, 1.807) is 0 Å². The Labute approximate surface area is 139 Å². The zero-order valence-electron chi connectivity index (χ0n) is 13.2. The number of aliphatic hydroxyl groups excluding tert-OH is 1. The number of hydrogen-bond donors (Lipinski definition) is 2. The van der Waals surface area contributed by atoms with E-state index in [-0.39, 0.29) is 18.6 Å². The second-order valence-corrected chi connectivity index (χ2v) is 6.23. The molecule has 2 aromatic rings. The van der Waals surface area contributed by atoms with E-state index in [9.17, 15) is 13.2 Å². The van der Waals surface area contributed by atoms with Gasteiger partial charge in [-0.2, -0.15) is 13.2 Å². The third-order valence-corrected chi connectivity index (χ3v) is 4.59. The standard InChI is InChI=1S/C19H20F3NO/c20-19(21,22)16-8-9-17-15(12-16)11-14(7-4-10-24)18(23-17)13-5-2-1-3-6-13/h1-3,5-6,8-9,12,14,18,23-24H,4,7,10-11H2/t14-,18-/m1/s1. The molecule has 2 N–H and O–H groups in total. The number of halogens is 3. The van der Waals surface area contributed by atoms with Crippen molar-refractivity contribution in [2.75, 3.05) is 11.9 Å². The van der Waals surface area contributed by atoms with E-state index in [0.29, 0.717) is 18.4 Å². The predicted octanol–water partition coefficient (Wildman–Crippen LogP) is 4.80. The van der Waals surface area contributed by atoms with Gasteiger partial charge in [0, 0.05) is 12.3 Å². The highest BCUT2D eigenvalue weighted by atomic mass is 19.4. The number of alkyl halides is 3. The smallest absolute Gasteiger partial charge is 0.396 e. The van der Waals surface area contributed by atoms with Crippen molar-refractivity contribution in [3.63, 3.8) is 0 Å². The molecule has 1 aliphatic heterocycles. The van der Waals surface area contributed by atoms with Gasteiger partial charge in [-0.1, -0.05) is 30.3 Å². The normalized spacial score (nSPS) is 20.3. The van der Waals surface area contributed by atoms with Crippen LogP contribution in [0.15, 0.2) is 48.5 Å². The van der Waals surface area contributed by atoms with Gasteiger partial charge >= 0.3 is 6.18 Å². The Morgan fingerprint density at radius 3 is 2.50 bits per heavy atom. The van der Waals surface area contributed by atoms with Gasteiger partial charge < -0.3 is 10.4 Å². The molecule has 0 saturated heterocycles. The summed E-state index contributed by atoms with van der Waals surface area (Å²) in [7, 11) is 0. The lowest BCUT2D eigenvalue weighted by molar-refractivity contribution is -0.137. The highest BCUT2D eigenvalue weighted by Gasteiger charge is 2.34. The molecule has 0 unspecified atom stereocenters. The average Bonchev–Trinajstić information content (AvgIpc) is 2.58. The van der Waals surface area contributed by atoms with E-state index in [4.69, 9.17) is 5.11 Å². The summed E-state index contributed by atoms with van der Waals surface area (Å²) in [5.41, 5.74) is 1.96. The van der Waals surface area contributed by atoms with Crippen LogP contribution < -0.4 is 5.32 Å². The van der Waals surface area contributed by atoms with E-state index >= 15 is 0 Å². The lowest BCUT2D eigenvalue weighted by Crippen LogP contribution is -2.28. The molecule has 0 saturated carbocycles. The number of benzene rings is 2. The largest absolute Gasteiger partial charge is 0.416 e. The van der Waals surface area contributed by atoms with Crippen LogP contribution in [0.2, 0.25) is 0 Å². The van der Waals surface area contributed by atoms with Crippen molar-refractivity contribution >= 4 is 5.69 Å². The molecule has 3 rings (SSSR count). The molecule has 0 aliphatic carbocycles. The Balaban J connectivity index is 1.93. The molecule has 24 heavy (non-hydrogen) atoms. The van der Waals surface area contributed by atoms with E-state index in [1.165, 1.54) is 12.1 Å². The number of aliphatic hydroxyl groups is 1. The lowest BCUT2D eigenvalue weighted by atomic mass is 9.80. The number of fused-ring (bicyclic) bond motifs is 1. The molecule has 2 aromatic carbocycles. The second-order valence-electron chi connectivity index (χ2n) is 6.23. The molecule has 128 valence electrons. The molecule has 0 bridgehead atoms. The van der Waals surface area contributed by atoms with E-state index in [2.05, 4.69) is 5.32 Å². The van der Waals surface area contributed by atoms with Crippen molar-refractivity contribution in [2.45, 2.75) is 31.5 Å². The number of hydrogen-bond acceptors (Lipinski definition) is 2. The van der Waals surface area contributed by atoms with Gasteiger partial charge in [-0.15, -0.1) is 0 Å². The third kappa shape index (κ3) is 3.56. The van der Waals surface area contributed by atoms with Crippen molar-refractivity contribution in [1.29, 1.82) is 0 Å². The molecule has 2 atom stereocenters. The van der Waals surface area contributed by atoms with Gasteiger partial charge in [0.15, 0.2) is 0 Å². The first-order valence-corrected chi connectivity index (χ1v) is 8.11. The van der Waals surface area contributed by atoms with Crippen LogP contribution >= 0.6 is 0 Å². The van der Waals surface area contributed by atoms with Crippen LogP contribution in [0.3, 0.4) is 0 Å². The quantitative estimate of drug-likeness (QED) is 0.841. The monoisotopic (exact) mass is 335 g/mol. The van der Waals surface area contributed by atoms with Gasteiger partial charge in [-0.25, -0.2) is 0 Å². The van der Waals surface area contributed by atoms with E-state index in [1.807, 2.05) is 30.3 Å². The summed E-state index contributed by atoms with van der Waals surface area (Å²) in [6, 6.07) is 13.9. The molecule has 2 nitrogen and oxygen atoms in total. The lowest BCUT2D eigenvalue weighted by Gasteiger charge is -2.35. The van der Waals surface area contributed by atoms with Crippen molar-refractivity contribution in [3.8, 4) is 0 Å². The van der Waals surface area contributed by atoms with Crippen molar-refractivity contribution in [3.05, 3.63) is 65.2 Å². The first kappa shape index (κ1) is 16.8. The van der Waals surface area contributed by atoms with Crippen molar-refractivity contribution < 1.29 is 18.3 Å². The first-order valence-electron chi connectivity index (χ1n) is 8.11. The highest BCUT2D eigenvalue weighted by molar-refractivity contribution is 5.57. The summed E-state index contributed by atoms with van der Waals surface area (Å²) in [5, 5.41) is 12.5. The van der Waals surface area contributed by atoms with Crippen molar-refractivity contribution in [2.24, 2.45) is 5.92 Å². The molecule has 0 fully saturated rings. The summed E-state index contributed by atoms with van der Waals surface area (Å²) < 4.78 is 38.8. The zero-order valence-corrected chi connectivity index (χ0v) is 13.2. The van der Waals surface area contributed by atoms with Crippen LogP contribution in [0.1, 0.15) is 35.6 Å². The molecule has 0 spiro atoms. The first-order chi connectivity index (χ1) is 11.5. The molecular formula is C19H20F3NO. The molecule has 1 heterocycles. The van der Waals surface area contributed by atoms with Crippen LogP contribution in [-0.4, -0.2) is 11.7 Å². The molecule has 0 radical (unpaired) electrons. The van der Waals surface area contributed by atoms with Gasteiger partial charge in [0.1, 0.15) is 0 Å². The van der Waals surface area contributed by atoms with Gasteiger partial charge in [0.2, 0.25) is 0 Å². The van der Waals surface area contributed by atoms with E-state index in [0.717, 1.165) is 23.7 Å². The second kappa shape index (κ2) is 6.85. The summed E-state index contributed by atoms with van der Waals surface area (Å²) >= 11 is 0. The van der Waals surface area contributed by atoms with E-state index < -0.39 is 11.7 Å². The Morgan fingerprint density at radius 2 is 1.83 bits per heavy atom. The molecular weight excluding hydrogens is 315 g/mol. The van der Waals surface area contributed by atoms with Crippen LogP contribution in [0.5, 0.6) is 0 Å². The third-order valence-electron chi connectivity index (χ3n) is 4.59. The van der Waals surface area contributed by atoms with Crippen molar-refractivity contribution in [1.82, 2.24) is 0 Å².